The molecule has 2 heterocycles. The van der Waals surface area contributed by atoms with Gasteiger partial charge in [-0.2, -0.15) is 4.68 Å². The molecule has 0 saturated carbocycles. The summed E-state index contributed by atoms with van der Waals surface area (Å²) in [7, 11) is 0. The van der Waals surface area contributed by atoms with Crippen molar-refractivity contribution in [3.05, 3.63) is 66.4 Å². The highest BCUT2D eigenvalue weighted by Gasteiger charge is 2.16. The first-order valence-corrected chi connectivity index (χ1v) is 7.13. The van der Waals surface area contributed by atoms with Gasteiger partial charge in [-0.05, 0) is 46.8 Å². The molecule has 24 heavy (non-hydrogen) atoms. The van der Waals surface area contributed by atoms with E-state index in [2.05, 4.69) is 25.8 Å². The molecule has 2 N–H and O–H groups in total. The molecule has 0 bridgehead atoms. The average molecular weight is 322 g/mol. The second-order valence-electron chi connectivity index (χ2n) is 5.11. The molecule has 1 amide bonds. The van der Waals surface area contributed by atoms with Crippen LogP contribution < -0.4 is 5.32 Å². The number of fused-ring (bicyclic) bond motifs is 1. The first-order valence-electron chi connectivity index (χ1n) is 7.13. The maximum Gasteiger partial charge on any atom is 0.257 e. The summed E-state index contributed by atoms with van der Waals surface area (Å²) in [5.74, 6) is -0.967. The molecule has 0 atom stereocenters. The molecule has 2 aromatic carbocycles. The van der Waals surface area contributed by atoms with Gasteiger partial charge in [-0.3, -0.25) is 4.79 Å². The SMILES string of the molecule is O=C(Nc1cccc2[nH]ccc12)c1cc(F)ccc1-n1cnnn1. The Morgan fingerprint density at radius 2 is 2.12 bits per heavy atom. The van der Waals surface area contributed by atoms with Crippen LogP contribution in [-0.4, -0.2) is 31.1 Å². The number of hydrogen-bond donors (Lipinski definition) is 2. The van der Waals surface area contributed by atoms with Gasteiger partial charge >= 0.3 is 0 Å². The number of rotatable bonds is 3. The summed E-state index contributed by atoms with van der Waals surface area (Å²) in [6, 6.07) is 11.2. The number of benzene rings is 2. The Bertz CT molecular complexity index is 1020. The molecule has 118 valence electrons. The van der Waals surface area contributed by atoms with Crippen molar-refractivity contribution >= 4 is 22.5 Å². The van der Waals surface area contributed by atoms with Gasteiger partial charge in [0.05, 0.1) is 16.9 Å². The lowest BCUT2D eigenvalue weighted by atomic mass is 10.1. The number of aromatic amines is 1. The lowest BCUT2D eigenvalue weighted by Gasteiger charge is -2.10. The Balaban J connectivity index is 1.75. The third-order valence-electron chi connectivity index (χ3n) is 3.64. The normalized spacial score (nSPS) is 10.9. The highest BCUT2D eigenvalue weighted by Crippen LogP contribution is 2.24. The molecule has 4 rings (SSSR count). The van der Waals surface area contributed by atoms with Crippen LogP contribution in [0, 0.1) is 5.82 Å². The van der Waals surface area contributed by atoms with Gasteiger partial charge in [-0.25, -0.2) is 4.39 Å². The van der Waals surface area contributed by atoms with E-state index >= 15 is 0 Å². The maximum atomic E-state index is 13.6. The summed E-state index contributed by atoms with van der Waals surface area (Å²) in [5.41, 5.74) is 2.05. The lowest BCUT2D eigenvalue weighted by molar-refractivity contribution is 0.102. The van der Waals surface area contributed by atoms with Crippen molar-refractivity contribution in [3.8, 4) is 5.69 Å². The van der Waals surface area contributed by atoms with Gasteiger partial charge in [0.25, 0.3) is 5.91 Å². The van der Waals surface area contributed by atoms with Gasteiger partial charge in [0.15, 0.2) is 0 Å². The highest BCUT2D eigenvalue weighted by molar-refractivity contribution is 6.10. The van der Waals surface area contributed by atoms with Gasteiger partial charge in [-0.1, -0.05) is 6.07 Å². The minimum atomic E-state index is -0.517. The minimum absolute atomic E-state index is 0.134. The quantitative estimate of drug-likeness (QED) is 0.606. The van der Waals surface area contributed by atoms with E-state index in [0.29, 0.717) is 11.4 Å². The fraction of sp³-hybridized carbons (Fsp3) is 0. The van der Waals surface area contributed by atoms with Crippen LogP contribution in [0.15, 0.2) is 55.0 Å². The first kappa shape index (κ1) is 14.1. The van der Waals surface area contributed by atoms with E-state index in [-0.39, 0.29) is 5.56 Å². The Labute approximate surface area is 135 Å². The van der Waals surface area contributed by atoms with Gasteiger partial charge in [0, 0.05) is 17.1 Å². The van der Waals surface area contributed by atoms with E-state index in [4.69, 9.17) is 0 Å². The molecule has 4 aromatic rings. The predicted octanol–water partition coefficient (Wildman–Crippen LogP) is 2.54. The van der Waals surface area contributed by atoms with E-state index in [1.165, 1.54) is 23.1 Å². The summed E-state index contributed by atoms with van der Waals surface area (Å²) >= 11 is 0. The molecule has 0 aliphatic rings. The smallest absolute Gasteiger partial charge is 0.257 e. The number of nitrogens with zero attached hydrogens (tertiary/aromatic N) is 4. The molecule has 0 fully saturated rings. The zero-order chi connectivity index (χ0) is 16.5. The average Bonchev–Trinajstić information content (AvgIpc) is 3.26. The van der Waals surface area contributed by atoms with Crippen LogP contribution in [0.4, 0.5) is 10.1 Å². The van der Waals surface area contributed by atoms with E-state index < -0.39 is 11.7 Å². The summed E-state index contributed by atoms with van der Waals surface area (Å²) in [6.45, 7) is 0. The lowest BCUT2D eigenvalue weighted by Crippen LogP contribution is -2.16. The van der Waals surface area contributed by atoms with Gasteiger partial charge < -0.3 is 10.3 Å². The van der Waals surface area contributed by atoms with Crippen LogP contribution in [0.2, 0.25) is 0 Å². The van der Waals surface area contributed by atoms with E-state index in [1.807, 2.05) is 18.2 Å². The fourth-order valence-corrected chi connectivity index (χ4v) is 2.55. The fourth-order valence-electron chi connectivity index (χ4n) is 2.55. The van der Waals surface area contributed by atoms with Crippen LogP contribution in [0.25, 0.3) is 16.6 Å². The largest absolute Gasteiger partial charge is 0.361 e. The molecule has 0 radical (unpaired) electrons. The van der Waals surface area contributed by atoms with E-state index in [1.54, 1.807) is 12.3 Å². The van der Waals surface area contributed by atoms with Gasteiger partial charge in [-0.15, -0.1) is 5.10 Å². The molecular formula is C16H11FN6O. The molecular weight excluding hydrogens is 311 g/mol. The predicted molar refractivity (Wildman–Crippen MR) is 85.4 cm³/mol. The van der Waals surface area contributed by atoms with Crippen molar-refractivity contribution in [2.75, 3.05) is 5.32 Å². The molecule has 7 nitrogen and oxygen atoms in total. The topological polar surface area (TPSA) is 88.5 Å². The highest BCUT2D eigenvalue weighted by atomic mass is 19.1. The van der Waals surface area contributed by atoms with Crippen LogP contribution in [0.5, 0.6) is 0 Å². The summed E-state index contributed by atoms with van der Waals surface area (Å²) in [6.07, 6.45) is 3.13. The number of carbonyl (C=O) groups excluding carboxylic acids is 1. The Morgan fingerprint density at radius 1 is 1.21 bits per heavy atom. The summed E-state index contributed by atoms with van der Waals surface area (Å²) in [4.78, 5) is 15.8. The number of H-pyrrole nitrogens is 1. The van der Waals surface area contributed by atoms with Crippen molar-refractivity contribution in [1.29, 1.82) is 0 Å². The molecule has 2 aromatic heterocycles. The van der Waals surface area contributed by atoms with E-state index in [0.717, 1.165) is 17.0 Å². The van der Waals surface area contributed by atoms with Crippen molar-refractivity contribution in [1.82, 2.24) is 25.2 Å². The minimum Gasteiger partial charge on any atom is -0.361 e. The molecule has 0 aliphatic carbocycles. The number of nitrogens with one attached hydrogen (secondary N) is 2. The first-order chi connectivity index (χ1) is 11.7. The van der Waals surface area contributed by atoms with E-state index in [9.17, 15) is 9.18 Å². The molecule has 0 saturated heterocycles. The second kappa shape index (κ2) is 5.58. The van der Waals surface area contributed by atoms with Gasteiger partial charge in [0.2, 0.25) is 0 Å². The number of hydrogen-bond acceptors (Lipinski definition) is 4. The summed E-state index contributed by atoms with van der Waals surface area (Å²) in [5, 5.41) is 14.5. The third kappa shape index (κ3) is 2.39. The Hall–Kier alpha value is -3.55. The number of tetrazole rings is 1. The van der Waals surface area contributed by atoms with Crippen molar-refractivity contribution in [2.45, 2.75) is 0 Å². The number of amides is 1. The molecule has 8 heteroatoms. The Morgan fingerprint density at radius 3 is 2.96 bits per heavy atom. The molecule has 0 aliphatic heterocycles. The number of anilines is 1. The molecule has 0 spiro atoms. The maximum absolute atomic E-state index is 13.6. The van der Waals surface area contributed by atoms with Gasteiger partial charge in [0.1, 0.15) is 12.1 Å². The number of carbonyl (C=O) groups is 1. The van der Waals surface area contributed by atoms with Crippen molar-refractivity contribution in [3.63, 3.8) is 0 Å². The van der Waals surface area contributed by atoms with Crippen LogP contribution in [-0.2, 0) is 0 Å². The summed E-state index contributed by atoms with van der Waals surface area (Å²) < 4.78 is 15.0. The van der Waals surface area contributed by atoms with Crippen LogP contribution >= 0.6 is 0 Å². The zero-order valence-electron chi connectivity index (χ0n) is 12.3. The zero-order valence-corrected chi connectivity index (χ0v) is 12.3. The number of halogens is 1. The van der Waals surface area contributed by atoms with Crippen LogP contribution in [0.3, 0.4) is 0 Å². The monoisotopic (exact) mass is 322 g/mol. The van der Waals surface area contributed by atoms with Crippen LogP contribution in [0.1, 0.15) is 10.4 Å². The second-order valence-corrected chi connectivity index (χ2v) is 5.11. The molecule has 0 unspecified atom stereocenters. The third-order valence-corrected chi connectivity index (χ3v) is 3.64. The van der Waals surface area contributed by atoms with Crippen molar-refractivity contribution in [2.24, 2.45) is 0 Å². The Kier molecular flexibility index (Phi) is 3.27. The standard InChI is InChI=1S/C16H11FN6O/c17-10-4-5-15(23-9-19-21-22-23)12(8-10)16(24)20-14-3-1-2-13-11(14)6-7-18-13/h1-9,18H,(H,20,24). The number of aromatic nitrogens is 5. The van der Waals surface area contributed by atoms with Crippen molar-refractivity contribution < 1.29 is 9.18 Å².